The molecule has 0 saturated carbocycles. The molecule has 0 aliphatic heterocycles. The van der Waals surface area contributed by atoms with Crippen molar-refractivity contribution in [2.24, 2.45) is 0 Å². The average molecular weight is 322 g/mol. The van der Waals surface area contributed by atoms with Gasteiger partial charge in [0, 0.05) is 28.8 Å². The van der Waals surface area contributed by atoms with Gasteiger partial charge in [-0.3, -0.25) is 9.89 Å². The highest BCUT2D eigenvalue weighted by Crippen LogP contribution is 2.31. The topological polar surface area (TPSA) is 70.7 Å². The molecule has 124 valence electrons. The highest BCUT2D eigenvalue weighted by molar-refractivity contribution is 5.96. The summed E-state index contributed by atoms with van der Waals surface area (Å²) in [6, 6.07) is 6.05. The molecule has 0 spiro atoms. The number of fused-ring (bicyclic) bond motifs is 1. The SMILES string of the molecule is CCC(=O)Nc1cc(C)c2nc(-c3c(C)n[nH]c3C)cc(C)c2c1. The van der Waals surface area contributed by atoms with E-state index < -0.39 is 0 Å². The zero-order valence-electron chi connectivity index (χ0n) is 14.7. The maximum absolute atomic E-state index is 11.7. The lowest BCUT2D eigenvalue weighted by molar-refractivity contribution is -0.115. The predicted octanol–water partition coefficient (Wildman–Crippen LogP) is 4.21. The Morgan fingerprint density at radius 3 is 2.50 bits per heavy atom. The Balaban J connectivity index is 2.17. The number of aryl methyl sites for hydroxylation is 4. The second kappa shape index (κ2) is 6.07. The minimum atomic E-state index is 0.0145. The summed E-state index contributed by atoms with van der Waals surface area (Å²) < 4.78 is 0. The van der Waals surface area contributed by atoms with Gasteiger partial charge in [0.1, 0.15) is 0 Å². The van der Waals surface area contributed by atoms with E-state index in [-0.39, 0.29) is 5.91 Å². The molecule has 1 aromatic carbocycles. The van der Waals surface area contributed by atoms with Crippen LogP contribution in [-0.4, -0.2) is 21.1 Å². The fourth-order valence-corrected chi connectivity index (χ4v) is 3.04. The van der Waals surface area contributed by atoms with Gasteiger partial charge in [0.05, 0.1) is 16.9 Å². The normalized spacial score (nSPS) is 11.0. The molecule has 2 heterocycles. The second-order valence-electron chi connectivity index (χ2n) is 6.22. The number of carbonyl (C=O) groups excluding carboxylic acids is 1. The van der Waals surface area contributed by atoms with Crippen molar-refractivity contribution < 1.29 is 4.79 Å². The highest BCUT2D eigenvalue weighted by Gasteiger charge is 2.14. The van der Waals surface area contributed by atoms with Gasteiger partial charge >= 0.3 is 0 Å². The van der Waals surface area contributed by atoms with Crippen molar-refractivity contribution in [3.63, 3.8) is 0 Å². The molecule has 0 fully saturated rings. The molecular formula is C19H22N4O. The molecule has 0 radical (unpaired) electrons. The molecule has 2 N–H and O–H groups in total. The quantitative estimate of drug-likeness (QED) is 0.759. The Morgan fingerprint density at radius 1 is 1.12 bits per heavy atom. The largest absolute Gasteiger partial charge is 0.326 e. The summed E-state index contributed by atoms with van der Waals surface area (Å²) in [6.07, 6.45) is 0.465. The number of benzene rings is 1. The van der Waals surface area contributed by atoms with Gasteiger partial charge in [0.2, 0.25) is 5.91 Å². The molecule has 1 amide bonds. The van der Waals surface area contributed by atoms with Crippen LogP contribution in [0.3, 0.4) is 0 Å². The average Bonchev–Trinajstić information content (AvgIpc) is 2.87. The number of hydrogen-bond donors (Lipinski definition) is 2. The Morgan fingerprint density at radius 2 is 1.88 bits per heavy atom. The lowest BCUT2D eigenvalue weighted by atomic mass is 10.0. The van der Waals surface area contributed by atoms with E-state index in [9.17, 15) is 4.79 Å². The molecule has 24 heavy (non-hydrogen) atoms. The van der Waals surface area contributed by atoms with Crippen molar-refractivity contribution in [3.8, 4) is 11.3 Å². The van der Waals surface area contributed by atoms with Gasteiger partial charge in [-0.15, -0.1) is 0 Å². The van der Waals surface area contributed by atoms with Crippen LogP contribution in [0.5, 0.6) is 0 Å². The Bertz CT molecular complexity index is 921. The van der Waals surface area contributed by atoms with Gasteiger partial charge in [-0.2, -0.15) is 5.10 Å². The van der Waals surface area contributed by atoms with Crippen LogP contribution in [0, 0.1) is 27.7 Å². The minimum absolute atomic E-state index is 0.0145. The zero-order valence-corrected chi connectivity index (χ0v) is 14.7. The summed E-state index contributed by atoms with van der Waals surface area (Å²) in [7, 11) is 0. The summed E-state index contributed by atoms with van der Waals surface area (Å²) in [5, 5.41) is 11.3. The van der Waals surface area contributed by atoms with E-state index in [0.29, 0.717) is 6.42 Å². The molecule has 3 aromatic rings. The molecule has 2 aromatic heterocycles. The summed E-state index contributed by atoms with van der Waals surface area (Å²) in [6.45, 7) is 9.93. The van der Waals surface area contributed by atoms with Crippen LogP contribution in [0.4, 0.5) is 5.69 Å². The van der Waals surface area contributed by atoms with Crippen LogP contribution in [0.15, 0.2) is 18.2 Å². The maximum Gasteiger partial charge on any atom is 0.224 e. The summed E-state index contributed by atoms with van der Waals surface area (Å²) in [4.78, 5) is 16.5. The summed E-state index contributed by atoms with van der Waals surface area (Å²) >= 11 is 0. The molecule has 0 aliphatic carbocycles. The van der Waals surface area contributed by atoms with E-state index in [2.05, 4.69) is 28.5 Å². The first-order chi connectivity index (χ1) is 11.4. The van der Waals surface area contributed by atoms with Crippen LogP contribution in [0.25, 0.3) is 22.2 Å². The molecule has 5 heteroatoms. The van der Waals surface area contributed by atoms with Crippen molar-refractivity contribution in [2.45, 2.75) is 41.0 Å². The van der Waals surface area contributed by atoms with Crippen LogP contribution in [-0.2, 0) is 4.79 Å². The Kier molecular flexibility index (Phi) is 4.09. The van der Waals surface area contributed by atoms with E-state index in [4.69, 9.17) is 4.98 Å². The van der Waals surface area contributed by atoms with Crippen molar-refractivity contribution in [1.29, 1.82) is 0 Å². The number of H-pyrrole nitrogens is 1. The number of nitrogens with zero attached hydrogens (tertiary/aromatic N) is 2. The first-order valence-electron chi connectivity index (χ1n) is 8.14. The van der Waals surface area contributed by atoms with E-state index in [1.54, 1.807) is 0 Å². The van der Waals surface area contributed by atoms with Gasteiger partial charge in [0.15, 0.2) is 0 Å². The summed E-state index contributed by atoms with van der Waals surface area (Å²) in [5.41, 5.74) is 7.90. The van der Waals surface area contributed by atoms with E-state index >= 15 is 0 Å². The third-order valence-corrected chi connectivity index (χ3v) is 4.30. The number of carbonyl (C=O) groups is 1. The number of amides is 1. The number of aromatic amines is 1. The lowest BCUT2D eigenvalue weighted by Gasteiger charge is -2.12. The fourth-order valence-electron chi connectivity index (χ4n) is 3.04. The molecule has 5 nitrogen and oxygen atoms in total. The number of anilines is 1. The van der Waals surface area contributed by atoms with Gasteiger partial charge < -0.3 is 5.32 Å². The van der Waals surface area contributed by atoms with Crippen molar-refractivity contribution in [2.75, 3.05) is 5.32 Å². The molecule has 0 bridgehead atoms. The Labute approximate surface area is 141 Å². The standard InChI is InChI=1S/C19H22N4O/c1-6-17(24)20-14-7-11(3)19-15(9-14)10(2)8-16(21-19)18-12(4)22-23-13(18)5/h7-9H,6H2,1-5H3,(H,20,24)(H,22,23). The number of hydrogen-bond acceptors (Lipinski definition) is 3. The lowest BCUT2D eigenvalue weighted by Crippen LogP contribution is -2.09. The second-order valence-corrected chi connectivity index (χ2v) is 6.22. The Hall–Kier alpha value is -2.69. The van der Waals surface area contributed by atoms with E-state index in [1.807, 2.05) is 39.8 Å². The predicted molar refractivity (Wildman–Crippen MR) is 97.2 cm³/mol. The fraction of sp³-hybridized carbons (Fsp3) is 0.316. The maximum atomic E-state index is 11.7. The van der Waals surface area contributed by atoms with Crippen LogP contribution in [0.1, 0.15) is 35.9 Å². The third kappa shape index (κ3) is 2.77. The smallest absolute Gasteiger partial charge is 0.224 e. The molecule has 0 aliphatic rings. The van der Waals surface area contributed by atoms with Gasteiger partial charge in [-0.1, -0.05) is 6.92 Å². The summed E-state index contributed by atoms with van der Waals surface area (Å²) in [5.74, 6) is 0.0145. The third-order valence-electron chi connectivity index (χ3n) is 4.30. The highest BCUT2D eigenvalue weighted by atomic mass is 16.1. The van der Waals surface area contributed by atoms with Gasteiger partial charge in [0.25, 0.3) is 0 Å². The molecule has 3 rings (SSSR count). The van der Waals surface area contributed by atoms with Crippen molar-refractivity contribution >= 4 is 22.5 Å². The number of rotatable bonds is 3. The van der Waals surface area contributed by atoms with E-state index in [1.165, 1.54) is 0 Å². The molecule has 0 saturated heterocycles. The van der Waals surface area contributed by atoms with Gasteiger partial charge in [-0.25, -0.2) is 4.98 Å². The monoisotopic (exact) mass is 322 g/mol. The number of pyridine rings is 1. The van der Waals surface area contributed by atoms with Crippen LogP contribution in [0.2, 0.25) is 0 Å². The van der Waals surface area contributed by atoms with Crippen molar-refractivity contribution in [3.05, 3.63) is 40.7 Å². The van der Waals surface area contributed by atoms with Gasteiger partial charge in [-0.05, 0) is 57.0 Å². The molecule has 0 atom stereocenters. The van der Waals surface area contributed by atoms with Crippen LogP contribution >= 0.6 is 0 Å². The van der Waals surface area contributed by atoms with Crippen LogP contribution < -0.4 is 5.32 Å². The zero-order chi connectivity index (χ0) is 17.4. The first kappa shape index (κ1) is 16.2. The minimum Gasteiger partial charge on any atom is -0.326 e. The first-order valence-corrected chi connectivity index (χ1v) is 8.14. The number of aromatic nitrogens is 3. The van der Waals surface area contributed by atoms with Crippen molar-refractivity contribution in [1.82, 2.24) is 15.2 Å². The van der Waals surface area contributed by atoms with E-state index in [0.717, 1.165) is 50.4 Å². The number of nitrogens with one attached hydrogen (secondary N) is 2. The molecule has 0 unspecified atom stereocenters. The molecular weight excluding hydrogens is 300 g/mol.